The van der Waals surface area contributed by atoms with Crippen molar-refractivity contribution in [1.82, 2.24) is 29.1 Å². The maximum atomic E-state index is 4.87. The molecule has 0 radical (unpaired) electrons. The summed E-state index contributed by atoms with van der Waals surface area (Å²) in [5, 5.41) is 4.10. The molecule has 0 spiro atoms. The van der Waals surface area contributed by atoms with Crippen LogP contribution in [0.2, 0.25) is 0 Å². The molecule has 7 rings (SSSR count). The summed E-state index contributed by atoms with van der Waals surface area (Å²) in [7, 11) is 0. The van der Waals surface area contributed by atoms with Gasteiger partial charge in [0.05, 0.1) is 33.1 Å². The third kappa shape index (κ3) is 3.71. The lowest BCUT2D eigenvalue weighted by Crippen LogP contribution is -2.04. The summed E-state index contributed by atoms with van der Waals surface area (Å²) in [5.41, 5.74) is 12.2. The smallest absolute Gasteiger partial charge is 0.160 e. The zero-order valence-electron chi connectivity index (χ0n) is 19.2. The summed E-state index contributed by atoms with van der Waals surface area (Å²) in [5.74, 6) is 1.80. The number of thiazole rings is 2. The van der Waals surface area contributed by atoms with Crippen LogP contribution in [0.5, 0.6) is 0 Å². The molecule has 0 atom stereocenters. The highest BCUT2D eigenvalue weighted by atomic mass is 32.1. The maximum Gasteiger partial charge on any atom is 0.160 e. The van der Waals surface area contributed by atoms with E-state index in [4.69, 9.17) is 9.97 Å². The first kappa shape index (κ1) is 21.2. The number of aromatic nitrogens is 6. The lowest BCUT2D eigenvalue weighted by Gasteiger charge is -2.11. The van der Waals surface area contributed by atoms with Gasteiger partial charge in [-0.1, -0.05) is 48.5 Å². The number of para-hydroxylation sites is 4. The second-order valence-corrected chi connectivity index (χ2v) is 10.0. The van der Waals surface area contributed by atoms with Crippen LogP contribution in [0.4, 0.5) is 0 Å². The number of hydrogen-bond donors (Lipinski definition) is 0. The molecular weight excluding hydrogens is 484 g/mol. The van der Waals surface area contributed by atoms with E-state index < -0.39 is 0 Å². The van der Waals surface area contributed by atoms with Crippen molar-refractivity contribution in [3.63, 3.8) is 0 Å². The van der Waals surface area contributed by atoms with Crippen LogP contribution in [0.25, 0.3) is 45.1 Å². The average Bonchev–Trinajstić information content (AvgIpc) is 3.72. The fraction of sp³-hybridized carbons (Fsp3) is 0.0714. The van der Waals surface area contributed by atoms with Crippen LogP contribution in [0, 0.1) is 0 Å². The van der Waals surface area contributed by atoms with Gasteiger partial charge in [-0.15, -0.1) is 22.7 Å². The molecule has 7 aromatic rings. The summed E-state index contributed by atoms with van der Waals surface area (Å²) < 4.78 is 4.51. The van der Waals surface area contributed by atoms with E-state index >= 15 is 0 Å². The predicted molar refractivity (Wildman–Crippen MR) is 146 cm³/mol. The Hall–Kier alpha value is -4.14. The highest BCUT2D eigenvalue weighted by Gasteiger charge is 2.16. The molecule has 0 aliphatic carbocycles. The minimum absolute atomic E-state index is 0.728. The van der Waals surface area contributed by atoms with E-state index in [-0.39, 0.29) is 0 Å². The molecule has 0 fully saturated rings. The zero-order chi connectivity index (χ0) is 23.9. The Labute approximate surface area is 215 Å². The van der Waals surface area contributed by atoms with Crippen molar-refractivity contribution in [2.45, 2.75) is 13.1 Å². The van der Waals surface area contributed by atoms with E-state index in [2.05, 4.69) is 90.5 Å². The first-order valence-electron chi connectivity index (χ1n) is 11.6. The van der Waals surface area contributed by atoms with Crippen LogP contribution in [0.1, 0.15) is 11.1 Å². The van der Waals surface area contributed by atoms with E-state index in [0.29, 0.717) is 0 Å². The Morgan fingerprint density at radius 2 is 1.00 bits per heavy atom. The fourth-order valence-electron chi connectivity index (χ4n) is 4.62. The highest BCUT2D eigenvalue weighted by Crippen LogP contribution is 2.28. The van der Waals surface area contributed by atoms with Gasteiger partial charge in [-0.3, -0.25) is 0 Å². The van der Waals surface area contributed by atoms with Gasteiger partial charge in [0, 0.05) is 23.8 Å². The molecule has 0 saturated carbocycles. The average molecular weight is 505 g/mol. The van der Waals surface area contributed by atoms with Gasteiger partial charge < -0.3 is 9.13 Å². The molecule has 0 N–H and O–H groups in total. The van der Waals surface area contributed by atoms with Crippen LogP contribution in [-0.2, 0) is 13.1 Å². The highest BCUT2D eigenvalue weighted by molar-refractivity contribution is 7.08. The summed E-state index contributed by atoms with van der Waals surface area (Å²) in [4.78, 5) is 18.8. The Kier molecular flexibility index (Phi) is 5.18. The zero-order valence-corrected chi connectivity index (χ0v) is 20.8. The number of nitrogens with zero attached hydrogens (tertiary/aromatic N) is 6. The third-order valence-electron chi connectivity index (χ3n) is 6.34. The van der Waals surface area contributed by atoms with E-state index in [1.54, 1.807) is 22.7 Å². The topological polar surface area (TPSA) is 61.4 Å². The van der Waals surface area contributed by atoms with Crippen molar-refractivity contribution in [2.24, 2.45) is 0 Å². The number of rotatable bonds is 6. The van der Waals surface area contributed by atoms with E-state index in [1.807, 2.05) is 23.2 Å². The summed E-state index contributed by atoms with van der Waals surface area (Å²) >= 11 is 3.18. The summed E-state index contributed by atoms with van der Waals surface area (Å²) in [6, 6.07) is 25.3. The number of benzene rings is 3. The largest absolute Gasteiger partial charge is 0.318 e. The molecule has 0 unspecified atom stereocenters. The molecule has 0 aliphatic rings. The SMILES string of the molecule is c1ccc2c(c1)nc(-c1cscn1)n2Cc1ccc(Cn2c(-c3cscn3)nc3ccccc32)cc1. The Balaban J connectivity index is 1.22. The van der Waals surface area contributed by atoms with Crippen molar-refractivity contribution < 1.29 is 0 Å². The molecular formula is C28H20N6S2. The first-order valence-corrected chi connectivity index (χ1v) is 13.5. The first-order chi connectivity index (χ1) is 17.8. The molecule has 174 valence electrons. The molecule has 0 saturated heterocycles. The number of hydrogen-bond acceptors (Lipinski definition) is 6. The van der Waals surface area contributed by atoms with Crippen molar-refractivity contribution in [3.8, 4) is 23.0 Å². The van der Waals surface area contributed by atoms with Gasteiger partial charge >= 0.3 is 0 Å². The normalized spacial score (nSPS) is 11.6. The standard InChI is InChI=1S/C28H20N6S2/c1-3-7-25-21(5-1)31-27(23-15-35-17-29-23)33(25)13-19-9-11-20(12-10-19)14-34-26-8-4-2-6-22(26)32-28(34)24-16-36-18-30-24/h1-12,15-18H,13-14H2. The maximum absolute atomic E-state index is 4.87. The van der Waals surface area contributed by atoms with Gasteiger partial charge in [0.25, 0.3) is 0 Å². The molecule has 8 heteroatoms. The molecule has 0 aliphatic heterocycles. The molecule has 36 heavy (non-hydrogen) atoms. The second kappa shape index (κ2) is 8.82. The predicted octanol–water partition coefficient (Wildman–Crippen LogP) is 6.73. The third-order valence-corrected chi connectivity index (χ3v) is 7.51. The van der Waals surface area contributed by atoms with Crippen molar-refractivity contribution in [2.75, 3.05) is 0 Å². The van der Waals surface area contributed by atoms with Gasteiger partial charge in [-0.2, -0.15) is 0 Å². The van der Waals surface area contributed by atoms with Crippen molar-refractivity contribution in [3.05, 3.63) is 106 Å². The van der Waals surface area contributed by atoms with E-state index in [0.717, 1.165) is 58.2 Å². The van der Waals surface area contributed by atoms with Crippen LogP contribution >= 0.6 is 22.7 Å². The summed E-state index contributed by atoms with van der Waals surface area (Å²) in [6.45, 7) is 1.46. The second-order valence-electron chi connectivity index (χ2n) is 8.58. The van der Waals surface area contributed by atoms with Gasteiger partial charge in [-0.05, 0) is 35.4 Å². The Morgan fingerprint density at radius 3 is 1.42 bits per heavy atom. The van der Waals surface area contributed by atoms with Gasteiger partial charge in [0.15, 0.2) is 11.6 Å². The fourth-order valence-corrected chi connectivity index (χ4v) is 5.68. The summed E-state index contributed by atoms with van der Waals surface area (Å²) in [6.07, 6.45) is 0. The minimum atomic E-state index is 0.728. The molecule has 3 aromatic carbocycles. The Morgan fingerprint density at radius 1 is 0.556 bits per heavy atom. The number of imidazole rings is 2. The van der Waals surface area contributed by atoms with Crippen LogP contribution in [0.3, 0.4) is 0 Å². The van der Waals surface area contributed by atoms with Crippen LogP contribution in [0.15, 0.2) is 94.6 Å². The van der Waals surface area contributed by atoms with E-state index in [1.165, 1.54) is 11.1 Å². The van der Waals surface area contributed by atoms with Gasteiger partial charge in [0.2, 0.25) is 0 Å². The Bertz CT molecular complexity index is 1640. The quantitative estimate of drug-likeness (QED) is 0.252. The van der Waals surface area contributed by atoms with E-state index in [9.17, 15) is 0 Å². The lowest BCUT2D eigenvalue weighted by atomic mass is 10.1. The van der Waals surface area contributed by atoms with Gasteiger partial charge in [-0.25, -0.2) is 19.9 Å². The molecule has 0 amide bonds. The lowest BCUT2D eigenvalue weighted by molar-refractivity contribution is 0.817. The molecule has 6 nitrogen and oxygen atoms in total. The minimum Gasteiger partial charge on any atom is -0.318 e. The molecule has 4 heterocycles. The van der Waals surface area contributed by atoms with Crippen LogP contribution in [-0.4, -0.2) is 29.1 Å². The molecule has 0 bridgehead atoms. The number of fused-ring (bicyclic) bond motifs is 2. The monoisotopic (exact) mass is 504 g/mol. The van der Waals surface area contributed by atoms with Gasteiger partial charge in [0.1, 0.15) is 11.4 Å². The van der Waals surface area contributed by atoms with Crippen molar-refractivity contribution >= 4 is 44.7 Å². The molecule has 4 aromatic heterocycles. The van der Waals surface area contributed by atoms with Crippen molar-refractivity contribution in [1.29, 1.82) is 0 Å². The van der Waals surface area contributed by atoms with Crippen LogP contribution < -0.4 is 0 Å².